The van der Waals surface area contributed by atoms with E-state index in [1.807, 2.05) is 31.3 Å². The van der Waals surface area contributed by atoms with Crippen molar-refractivity contribution in [3.63, 3.8) is 0 Å². The van der Waals surface area contributed by atoms with E-state index in [2.05, 4.69) is 19.2 Å². The molecule has 98 valence electrons. The van der Waals surface area contributed by atoms with E-state index >= 15 is 0 Å². The molecule has 1 saturated heterocycles. The molecule has 2 atom stereocenters. The summed E-state index contributed by atoms with van der Waals surface area (Å²) in [6.45, 7) is 5.14. The van der Waals surface area contributed by atoms with E-state index < -0.39 is 0 Å². The Balaban J connectivity index is 2.06. The van der Waals surface area contributed by atoms with E-state index in [1.165, 1.54) is 5.56 Å². The number of aryl methyl sites for hydroxylation is 1. The summed E-state index contributed by atoms with van der Waals surface area (Å²) >= 11 is 0. The highest BCUT2D eigenvalue weighted by atomic mass is 16.2. The Hall–Kier alpha value is -1.35. The molecule has 0 saturated carbocycles. The van der Waals surface area contributed by atoms with Crippen molar-refractivity contribution in [2.24, 2.45) is 5.92 Å². The molecule has 1 aromatic rings. The van der Waals surface area contributed by atoms with E-state index in [9.17, 15) is 4.79 Å². The lowest BCUT2D eigenvalue weighted by Crippen LogP contribution is -2.43. The molecule has 1 fully saturated rings. The number of carbonyl (C=O) groups excluding carboxylic acids is 1. The molecule has 0 aliphatic carbocycles. The van der Waals surface area contributed by atoms with Crippen molar-refractivity contribution in [1.82, 2.24) is 5.32 Å². The number of anilines is 1. The van der Waals surface area contributed by atoms with Crippen LogP contribution in [0.2, 0.25) is 0 Å². The van der Waals surface area contributed by atoms with Crippen molar-refractivity contribution >= 4 is 11.6 Å². The highest BCUT2D eigenvalue weighted by Gasteiger charge is 2.27. The van der Waals surface area contributed by atoms with Crippen LogP contribution in [0, 0.1) is 12.8 Å². The van der Waals surface area contributed by atoms with Gasteiger partial charge in [-0.15, -0.1) is 0 Å². The van der Waals surface area contributed by atoms with E-state index in [0.29, 0.717) is 6.04 Å². The third-order valence-electron chi connectivity index (χ3n) is 3.72. The topological polar surface area (TPSA) is 32.3 Å². The fourth-order valence-electron chi connectivity index (χ4n) is 2.53. The Morgan fingerprint density at radius 2 is 2.00 bits per heavy atom. The zero-order valence-corrected chi connectivity index (χ0v) is 11.4. The molecule has 3 nitrogen and oxygen atoms in total. The minimum absolute atomic E-state index is 0.160. The smallest absolute Gasteiger partial charge is 0.229 e. The monoisotopic (exact) mass is 246 g/mol. The molecule has 0 spiro atoms. The lowest BCUT2D eigenvalue weighted by atomic mass is 9.92. The van der Waals surface area contributed by atoms with Crippen molar-refractivity contribution in [3.05, 3.63) is 29.8 Å². The molecule has 1 aromatic carbocycles. The largest absolute Gasteiger partial charge is 0.315 e. The van der Waals surface area contributed by atoms with Crippen LogP contribution < -0.4 is 10.2 Å². The summed E-state index contributed by atoms with van der Waals surface area (Å²) in [5, 5.41) is 3.38. The van der Waals surface area contributed by atoms with Gasteiger partial charge in [-0.25, -0.2) is 0 Å². The van der Waals surface area contributed by atoms with E-state index in [-0.39, 0.29) is 11.8 Å². The predicted octanol–water partition coefficient (Wildman–Crippen LogP) is 2.35. The van der Waals surface area contributed by atoms with Crippen molar-refractivity contribution in [3.8, 4) is 0 Å². The number of nitrogens with zero attached hydrogens (tertiary/aromatic N) is 1. The highest BCUT2D eigenvalue weighted by molar-refractivity contribution is 5.94. The molecule has 0 radical (unpaired) electrons. The fraction of sp³-hybridized carbons (Fsp3) is 0.533. The first kappa shape index (κ1) is 13.1. The van der Waals surface area contributed by atoms with E-state index in [0.717, 1.165) is 25.1 Å². The van der Waals surface area contributed by atoms with Crippen molar-refractivity contribution in [1.29, 1.82) is 0 Å². The van der Waals surface area contributed by atoms with Gasteiger partial charge in [-0.3, -0.25) is 4.79 Å². The van der Waals surface area contributed by atoms with Gasteiger partial charge < -0.3 is 10.2 Å². The van der Waals surface area contributed by atoms with Gasteiger partial charge in [0, 0.05) is 24.7 Å². The summed E-state index contributed by atoms with van der Waals surface area (Å²) in [6, 6.07) is 8.56. The number of hydrogen-bond donors (Lipinski definition) is 1. The van der Waals surface area contributed by atoms with Gasteiger partial charge in [0.1, 0.15) is 0 Å². The highest BCUT2D eigenvalue weighted by Crippen LogP contribution is 2.22. The normalized spacial score (nSPS) is 23.7. The molecular formula is C15H22N2O. The van der Waals surface area contributed by atoms with E-state index in [1.54, 1.807) is 4.90 Å². The molecule has 1 heterocycles. The van der Waals surface area contributed by atoms with Gasteiger partial charge in [-0.2, -0.15) is 0 Å². The molecule has 18 heavy (non-hydrogen) atoms. The minimum Gasteiger partial charge on any atom is -0.315 e. The molecule has 0 bridgehead atoms. The Kier molecular flexibility index (Phi) is 4.02. The van der Waals surface area contributed by atoms with Gasteiger partial charge in [0.15, 0.2) is 0 Å². The first-order valence-corrected chi connectivity index (χ1v) is 6.65. The van der Waals surface area contributed by atoms with Crippen LogP contribution in [0.3, 0.4) is 0 Å². The Bertz CT molecular complexity index is 413. The van der Waals surface area contributed by atoms with Crippen LogP contribution in [0.25, 0.3) is 0 Å². The van der Waals surface area contributed by atoms with Gasteiger partial charge in [0.2, 0.25) is 5.91 Å². The number of nitrogens with one attached hydrogen (secondary N) is 1. The van der Waals surface area contributed by atoms with E-state index in [4.69, 9.17) is 0 Å². The summed E-state index contributed by atoms with van der Waals surface area (Å²) in [7, 11) is 1.87. The zero-order valence-electron chi connectivity index (χ0n) is 11.4. The maximum atomic E-state index is 12.4. The SMILES string of the molecule is Cc1ccc(N(C)C(=O)C2CCNC(C)C2)cc1. The lowest BCUT2D eigenvalue weighted by molar-refractivity contribution is -0.123. The van der Waals surface area contributed by atoms with Gasteiger partial charge in [0.25, 0.3) is 0 Å². The number of amides is 1. The summed E-state index contributed by atoms with van der Waals surface area (Å²) in [5.74, 6) is 0.403. The number of piperidine rings is 1. The second-order valence-corrected chi connectivity index (χ2v) is 5.31. The standard InChI is InChI=1S/C15H22N2O/c1-11-4-6-14(7-5-11)17(3)15(18)13-8-9-16-12(2)10-13/h4-7,12-13,16H,8-10H2,1-3H3. The molecule has 2 unspecified atom stereocenters. The fourth-order valence-corrected chi connectivity index (χ4v) is 2.53. The molecule has 3 heteroatoms. The molecule has 0 aromatic heterocycles. The first-order chi connectivity index (χ1) is 8.58. The molecule has 1 N–H and O–H groups in total. The van der Waals surface area contributed by atoms with Crippen molar-refractivity contribution in [2.45, 2.75) is 32.7 Å². The molecule has 1 aliphatic heterocycles. The second-order valence-electron chi connectivity index (χ2n) is 5.31. The third-order valence-corrected chi connectivity index (χ3v) is 3.72. The summed E-state index contributed by atoms with van der Waals surface area (Å²) in [5.41, 5.74) is 2.20. The average molecular weight is 246 g/mol. The molecule has 1 aliphatic rings. The van der Waals surface area contributed by atoms with Crippen LogP contribution in [-0.2, 0) is 4.79 Å². The maximum absolute atomic E-state index is 12.4. The molecule has 1 amide bonds. The molecular weight excluding hydrogens is 224 g/mol. The van der Waals surface area contributed by atoms with Gasteiger partial charge in [0.05, 0.1) is 0 Å². The second kappa shape index (κ2) is 5.53. The lowest BCUT2D eigenvalue weighted by Gasteiger charge is -2.30. The van der Waals surface area contributed by atoms with Gasteiger partial charge in [-0.1, -0.05) is 17.7 Å². The summed E-state index contributed by atoms with van der Waals surface area (Å²) < 4.78 is 0. The zero-order chi connectivity index (χ0) is 13.1. The van der Waals surface area contributed by atoms with Crippen molar-refractivity contribution in [2.75, 3.05) is 18.5 Å². The Morgan fingerprint density at radius 1 is 1.33 bits per heavy atom. The van der Waals surface area contributed by atoms with Crippen LogP contribution in [0.15, 0.2) is 24.3 Å². The number of hydrogen-bond acceptors (Lipinski definition) is 2. The van der Waals surface area contributed by atoms with Crippen LogP contribution in [0.4, 0.5) is 5.69 Å². The van der Waals surface area contributed by atoms with Crippen LogP contribution >= 0.6 is 0 Å². The van der Waals surface area contributed by atoms with Crippen LogP contribution in [0.5, 0.6) is 0 Å². The Labute approximate surface area is 109 Å². The minimum atomic E-state index is 0.160. The quantitative estimate of drug-likeness (QED) is 0.868. The third kappa shape index (κ3) is 2.91. The molecule has 2 rings (SSSR count). The maximum Gasteiger partial charge on any atom is 0.229 e. The number of rotatable bonds is 2. The van der Waals surface area contributed by atoms with Gasteiger partial charge >= 0.3 is 0 Å². The summed E-state index contributed by atoms with van der Waals surface area (Å²) in [6.07, 6.45) is 1.88. The average Bonchev–Trinajstić information content (AvgIpc) is 2.38. The van der Waals surface area contributed by atoms with Gasteiger partial charge in [-0.05, 0) is 45.4 Å². The number of carbonyl (C=O) groups is 1. The first-order valence-electron chi connectivity index (χ1n) is 6.65. The Morgan fingerprint density at radius 3 is 2.61 bits per heavy atom. The summed E-state index contributed by atoms with van der Waals surface area (Å²) in [4.78, 5) is 14.2. The van der Waals surface area contributed by atoms with Crippen LogP contribution in [-0.4, -0.2) is 25.5 Å². The number of benzene rings is 1. The van der Waals surface area contributed by atoms with Crippen LogP contribution in [0.1, 0.15) is 25.3 Å². The predicted molar refractivity (Wildman–Crippen MR) is 74.8 cm³/mol. The van der Waals surface area contributed by atoms with Crippen molar-refractivity contribution < 1.29 is 4.79 Å².